The first-order chi connectivity index (χ1) is 12.4. The summed E-state index contributed by atoms with van der Waals surface area (Å²) >= 11 is 0. The molecule has 3 saturated carbocycles. The Balaban J connectivity index is 1.58. The fourth-order valence-electron chi connectivity index (χ4n) is 6.68. The number of allylic oxidation sites excluding steroid dienone is 1. The second-order valence-corrected chi connectivity index (χ2v) is 9.74. The number of carbonyl (C=O) groups is 2. The Bertz CT molecular complexity index is 635. The van der Waals surface area contributed by atoms with E-state index in [-0.39, 0.29) is 28.8 Å². The molecule has 0 spiro atoms. The average molecular weight is 359 g/mol. The number of unbranched alkanes of at least 4 members (excludes halogenated alkanes) is 1. The summed E-state index contributed by atoms with van der Waals surface area (Å²) in [5.41, 5.74) is 1.24. The summed E-state index contributed by atoms with van der Waals surface area (Å²) in [6.45, 7) is 7.56. The molecule has 0 amide bonds. The molecule has 0 bridgehead atoms. The van der Waals surface area contributed by atoms with Gasteiger partial charge in [-0.2, -0.15) is 0 Å². The lowest BCUT2D eigenvalue weighted by molar-refractivity contribution is -0.140. The second-order valence-electron chi connectivity index (χ2n) is 9.74. The van der Waals surface area contributed by atoms with Crippen LogP contribution in [0.25, 0.3) is 0 Å². The first-order valence-corrected chi connectivity index (χ1v) is 10.8. The Morgan fingerprint density at radius 3 is 2.58 bits per heavy atom. The van der Waals surface area contributed by atoms with Crippen LogP contribution in [0.2, 0.25) is 0 Å². The first kappa shape index (κ1) is 18.4. The number of Topliss-reactive ketones (excluding diaryl/α,β-unsaturated/α-hetero) is 1. The third-order valence-electron chi connectivity index (χ3n) is 8.46. The highest BCUT2D eigenvalue weighted by Gasteiger charge is 2.60. The maximum Gasteiger partial charge on any atom is 0.159 e. The van der Waals surface area contributed by atoms with E-state index in [1.807, 2.05) is 6.08 Å². The van der Waals surface area contributed by atoms with E-state index in [0.717, 1.165) is 58.0 Å². The van der Waals surface area contributed by atoms with Gasteiger partial charge >= 0.3 is 0 Å². The van der Waals surface area contributed by atoms with Crippen LogP contribution >= 0.6 is 0 Å². The maximum atomic E-state index is 13.2. The molecule has 0 radical (unpaired) electrons. The third-order valence-corrected chi connectivity index (χ3v) is 8.46. The summed E-state index contributed by atoms with van der Waals surface area (Å²) < 4.78 is 6.09. The lowest BCUT2D eigenvalue weighted by Crippen LogP contribution is -2.53. The molecule has 0 aromatic rings. The predicted molar refractivity (Wildman–Crippen MR) is 102 cm³/mol. The zero-order valence-electron chi connectivity index (χ0n) is 16.7. The van der Waals surface area contributed by atoms with Gasteiger partial charge in [-0.25, -0.2) is 0 Å². The van der Waals surface area contributed by atoms with E-state index in [1.54, 1.807) is 0 Å². The van der Waals surface area contributed by atoms with Gasteiger partial charge in [0.1, 0.15) is 5.78 Å². The zero-order valence-corrected chi connectivity index (χ0v) is 16.7. The van der Waals surface area contributed by atoms with E-state index in [4.69, 9.17) is 4.74 Å². The Hall–Kier alpha value is -0.960. The topological polar surface area (TPSA) is 43.4 Å². The third kappa shape index (κ3) is 2.65. The number of carbonyl (C=O) groups excluding carboxylic acids is 2. The van der Waals surface area contributed by atoms with Gasteiger partial charge in [-0.1, -0.05) is 32.8 Å². The van der Waals surface area contributed by atoms with Crippen molar-refractivity contribution in [2.45, 2.75) is 84.7 Å². The van der Waals surface area contributed by atoms with Crippen molar-refractivity contribution in [2.24, 2.45) is 28.6 Å². The Morgan fingerprint density at radius 2 is 1.81 bits per heavy atom. The van der Waals surface area contributed by atoms with Gasteiger partial charge in [0.05, 0.1) is 6.10 Å². The van der Waals surface area contributed by atoms with Crippen LogP contribution in [0, 0.1) is 28.6 Å². The van der Waals surface area contributed by atoms with E-state index in [2.05, 4.69) is 20.8 Å². The molecule has 26 heavy (non-hydrogen) atoms. The van der Waals surface area contributed by atoms with Gasteiger partial charge in [-0.3, -0.25) is 9.59 Å². The highest BCUT2D eigenvalue weighted by molar-refractivity contribution is 5.96. The molecule has 3 nitrogen and oxygen atoms in total. The van der Waals surface area contributed by atoms with Crippen LogP contribution in [0.1, 0.15) is 78.6 Å². The van der Waals surface area contributed by atoms with E-state index in [9.17, 15) is 9.59 Å². The van der Waals surface area contributed by atoms with Crippen molar-refractivity contribution >= 4 is 11.6 Å². The highest BCUT2D eigenvalue weighted by Crippen LogP contribution is 2.63. The molecule has 0 aromatic carbocycles. The molecule has 0 heterocycles. The van der Waals surface area contributed by atoms with Gasteiger partial charge in [0, 0.05) is 24.4 Å². The minimum absolute atomic E-state index is 0.0755. The standard InChI is InChI=1S/C23H34O3/c1-4-5-12-26-16-8-10-22(2)15(13-16)14-19(24)21-17-6-7-20(25)23(17,3)11-9-18(21)22/h14,16-18,21H,4-13H2,1-3H3/t16-,17-,18-,21-,22-,23-/m0/s1. The molecule has 0 aromatic heterocycles. The fraction of sp³-hybridized carbons (Fsp3) is 0.826. The molecule has 0 unspecified atom stereocenters. The minimum Gasteiger partial charge on any atom is -0.378 e. The molecule has 144 valence electrons. The normalized spacial score (nSPS) is 45.0. The van der Waals surface area contributed by atoms with Crippen LogP contribution in [0.4, 0.5) is 0 Å². The van der Waals surface area contributed by atoms with Gasteiger partial charge < -0.3 is 4.74 Å². The molecule has 0 N–H and O–H groups in total. The molecule has 3 heteroatoms. The monoisotopic (exact) mass is 358 g/mol. The van der Waals surface area contributed by atoms with Crippen molar-refractivity contribution in [3.63, 3.8) is 0 Å². The molecule has 4 aliphatic rings. The summed E-state index contributed by atoms with van der Waals surface area (Å²) in [7, 11) is 0. The Kier molecular flexibility index (Phi) is 4.66. The van der Waals surface area contributed by atoms with Gasteiger partial charge in [0.25, 0.3) is 0 Å². The average Bonchev–Trinajstić information content (AvgIpc) is 2.92. The van der Waals surface area contributed by atoms with E-state index in [1.165, 1.54) is 5.57 Å². The molecule has 4 aliphatic carbocycles. The first-order valence-electron chi connectivity index (χ1n) is 10.8. The minimum atomic E-state index is -0.237. The van der Waals surface area contributed by atoms with Crippen LogP contribution in [0.15, 0.2) is 11.6 Å². The quantitative estimate of drug-likeness (QED) is 0.673. The molecule has 3 fully saturated rings. The van der Waals surface area contributed by atoms with Crippen molar-refractivity contribution < 1.29 is 14.3 Å². The van der Waals surface area contributed by atoms with Crippen LogP contribution in [0.3, 0.4) is 0 Å². The van der Waals surface area contributed by atoms with Crippen LogP contribution in [0.5, 0.6) is 0 Å². The summed E-state index contributed by atoms with van der Waals surface area (Å²) in [5.74, 6) is 1.49. The molecular formula is C23H34O3. The number of rotatable bonds is 4. The number of fused-ring (bicyclic) bond motifs is 5. The molecule has 0 saturated heterocycles. The van der Waals surface area contributed by atoms with Crippen molar-refractivity contribution in [1.29, 1.82) is 0 Å². The number of hydrogen-bond donors (Lipinski definition) is 0. The predicted octanol–water partition coefficient (Wildman–Crippen LogP) is 4.88. The SMILES string of the molecule is CCCCO[C@H]1CC[C@@]2(C)C(=CC(=O)[C@@H]3[C@@H]2CC[C@]2(C)C(=O)CC[C@@H]32)C1. The van der Waals surface area contributed by atoms with Gasteiger partial charge in [0.15, 0.2) is 5.78 Å². The molecule has 0 aliphatic heterocycles. The molecule has 6 atom stereocenters. The highest BCUT2D eigenvalue weighted by atomic mass is 16.5. The van der Waals surface area contributed by atoms with Crippen LogP contribution in [-0.2, 0) is 14.3 Å². The smallest absolute Gasteiger partial charge is 0.159 e. The van der Waals surface area contributed by atoms with Crippen molar-refractivity contribution in [3.8, 4) is 0 Å². The summed E-state index contributed by atoms with van der Waals surface area (Å²) in [6, 6.07) is 0. The van der Waals surface area contributed by atoms with Crippen LogP contribution < -0.4 is 0 Å². The van der Waals surface area contributed by atoms with Crippen molar-refractivity contribution in [1.82, 2.24) is 0 Å². The van der Waals surface area contributed by atoms with E-state index in [0.29, 0.717) is 23.9 Å². The van der Waals surface area contributed by atoms with Crippen molar-refractivity contribution in [2.75, 3.05) is 6.61 Å². The van der Waals surface area contributed by atoms with E-state index < -0.39 is 0 Å². The molecule has 4 rings (SSSR count). The molecular weight excluding hydrogens is 324 g/mol. The van der Waals surface area contributed by atoms with Gasteiger partial charge in [-0.05, 0) is 68.3 Å². The number of hydrogen-bond acceptors (Lipinski definition) is 3. The Labute approximate surface area is 157 Å². The lowest BCUT2D eigenvalue weighted by atomic mass is 9.48. The number of ether oxygens (including phenoxy) is 1. The Morgan fingerprint density at radius 1 is 1.08 bits per heavy atom. The summed E-state index contributed by atoms with van der Waals surface area (Å²) in [4.78, 5) is 25.7. The van der Waals surface area contributed by atoms with E-state index >= 15 is 0 Å². The summed E-state index contributed by atoms with van der Waals surface area (Å²) in [6.07, 6.45) is 11.3. The second kappa shape index (κ2) is 6.58. The van der Waals surface area contributed by atoms with Crippen molar-refractivity contribution in [3.05, 3.63) is 11.6 Å². The largest absolute Gasteiger partial charge is 0.378 e. The van der Waals surface area contributed by atoms with Crippen LogP contribution in [-0.4, -0.2) is 24.3 Å². The summed E-state index contributed by atoms with van der Waals surface area (Å²) in [5, 5.41) is 0. The van der Waals surface area contributed by atoms with Gasteiger partial charge in [0.2, 0.25) is 0 Å². The number of ketones is 2. The zero-order chi connectivity index (χ0) is 18.5. The van der Waals surface area contributed by atoms with Gasteiger partial charge in [-0.15, -0.1) is 0 Å². The lowest BCUT2D eigenvalue weighted by Gasteiger charge is -2.56. The maximum absolute atomic E-state index is 13.2. The fourth-order valence-corrected chi connectivity index (χ4v) is 6.68.